The quantitative estimate of drug-likeness (QED) is 0.888. The van der Waals surface area contributed by atoms with E-state index in [1.807, 2.05) is 0 Å². The zero-order valence-corrected chi connectivity index (χ0v) is 11.9. The lowest BCUT2D eigenvalue weighted by Gasteiger charge is -2.29. The minimum absolute atomic E-state index is 0.204. The largest absolute Gasteiger partial charge is 0.496 e. The number of nitrogens with one attached hydrogen (secondary N) is 1. The van der Waals surface area contributed by atoms with Crippen LogP contribution in [0.5, 0.6) is 5.75 Å². The van der Waals surface area contributed by atoms with Crippen molar-refractivity contribution in [3.05, 3.63) is 29.8 Å². The zero-order valence-electron chi connectivity index (χ0n) is 11.9. The fourth-order valence-electron chi connectivity index (χ4n) is 3.92. The Hall–Kier alpha value is -2.04. The third kappa shape index (κ3) is 2.37. The smallest absolute Gasteiger partial charge is 0.308 e. The molecule has 2 bridgehead atoms. The molecule has 21 heavy (non-hydrogen) atoms. The molecule has 1 aromatic carbocycles. The summed E-state index contributed by atoms with van der Waals surface area (Å²) < 4.78 is 5.19. The van der Waals surface area contributed by atoms with E-state index in [4.69, 9.17) is 4.74 Å². The van der Waals surface area contributed by atoms with Gasteiger partial charge in [-0.25, -0.2) is 0 Å². The zero-order chi connectivity index (χ0) is 15.0. The molecule has 4 atom stereocenters. The van der Waals surface area contributed by atoms with Gasteiger partial charge in [0.25, 0.3) is 5.91 Å². The average Bonchev–Trinajstić information content (AvgIpc) is 3.08. The molecule has 1 aromatic rings. The van der Waals surface area contributed by atoms with Crippen molar-refractivity contribution in [3.63, 3.8) is 0 Å². The normalized spacial score (nSPS) is 30.1. The van der Waals surface area contributed by atoms with Crippen molar-refractivity contribution in [2.24, 2.45) is 17.8 Å². The molecule has 0 aromatic heterocycles. The van der Waals surface area contributed by atoms with E-state index in [1.165, 1.54) is 7.11 Å². The number of para-hydroxylation sites is 1. The molecule has 0 radical (unpaired) electrons. The average molecular weight is 289 g/mol. The highest BCUT2D eigenvalue weighted by Crippen LogP contribution is 2.48. The summed E-state index contributed by atoms with van der Waals surface area (Å²) in [5.41, 5.74) is 0.451. The van der Waals surface area contributed by atoms with Crippen molar-refractivity contribution >= 4 is 11.9 Å². The molecule has 3 rings (SSSR count). The highest BCUT2D eigenvalue weighted by Gasteiger charge is 2.51. The van der Waals surface area contributed by atoms with Gasteiger partial charge in [-0.2, -0.15) is 0 Å². The molecule has 2 fully saturated rings. The Labute approximate surface area is 123 Å². The third-order valence-electron chi connectivity index (χ3n) is 4.85. The minimum atomic E-state index is -0.799. The maximum absolute atomic E-state index is 12.4. The molecule has 2 saturated carbocycles. The number of carboxylic acid groups (broad SMARTS) is 1. The molecule has 4 unspecified atom stereocenters. The van der Waals surface area contributed by atoms with E-state index in [0.29, 0.717) is 11.3 Å². The van der Waals surface area contributed by atoms with Gasteiger partial charge in [0.15, 0.2) is 0 Å². The van der Waals surface area contributed by atoms with Crippen molar-refractivity contribution in [1.29, 1.82) is 0 Å². The second-order valence-electron chi connectivity index (χ2n) is 5.90. The molecular formula is C16H19NO4. The van der Waals surface area contributed by atoms with Crippen molar-refractivity contribution < 1.29 is 19.4 Å². The number of ether oxygens (including phenoxy) is 1. The van der Waals surface area contributed by atoms with Crippen LogP contribution in [-0.4, -0.2) is 30.1 Å². The van der Waals surface area contributed by atoms with Gasteiger partial charge < -0.3 is 15.2 Å². The van der Waals surface area contributed by atoms with Crippen LogP contribution in [0.25, 0.3) is 0 Å². The molecule has 5 heteroatoms. The maximum atomic E-state index is 12.4. The van der Waals surface area contributed by atoms with Crippen LogP contribution in [0.4, 0.5) is 0 Å². The number of carboxylic acids is 1. The van der Waals surface area contributed by atoms with Crippen LogP contribution in [0.1, 0.15) is 29.6 Å². The predicted molar refractivity (Wildman–Crippen MR) is 76.2 cm³/mol. The molecule has 2 aliphatic carbocycles. The SMILES string of the molecule is COc1ccccc1C(=O)NC1C2CCC(C2)C1C(=O)O. The van der Waals surface area contributed by atoms with Crippen molar-refractivity contribution in [1.82, 2.24) is 5.32 Å². The van der Waals surface area contributed by atoms with Crippen LogP contribution < -0.4 is 10.1 Å². The molecule has 0 spiro atoms. The van der Waals surface area contributed by atoms with E-state index in [1.54, 1.807) is 24.3 Å². The lowest BCUT2D eigenvalue weighted by Crippen LogP contribution is -2.46. The number of amides is 1. The summed E-state index contributed by atoms with van der Waals surface area (Å²) in [6.45, 7) is 0. The van der Waals surface area contributed by atoms with Crippen LogP contribution >= 0.6 is 0 Å². The van der Waals surface area contributed by atoms with Gasteiger partial charge >= 0.3 is 5.97 Å². The Morgan fingerprint density at radius 2 is 1.95 bits per heavy atom. The summed E-state index contributed by atoms with van der Waals surface area (Å²) in [5, 5.41) is 12.3. The standard InChI is InChI=1S/C16H19NO4/c1-21-12-5-3-2-4-11(12)15(18)17-14-10-7-6-9(8-10)13(14)16(19)20/h2-5,9-10,13-14H,6-8H2,1H3,(H,17,18)(H,19,20). The van der Waals surface area contributed by atoms with Crippen molar-refractivity contribution in [2.75, 3.05) is 7.11 Å². The number of carbonyl (C=O) groups excluding carboxylic acids is 1. The van der Waals surface area contributed by atoms with Crippen LogP contribution in [0, 0.1) is 17.8 Å². The first-order chi connectivity index (χ1) is 10.1. The number of carbonyl (C=O) groups is 2. The third-order valence-corrected chi connectivity index (χ3v) is 4.85. The monoisotopic (exact) mass is 289 g/mol. The molecule has 0 heterocycles. The molecule has 112 valence electrons. The van der Waals surface area contributed by atoms with E-state index in [-0.39, 0.29) is 23.8 Å². The lowest BCUT2D eigenvalue weighted by atomic mass is 9.84. The summed E-state index contributed by atoms with van der Waals surface area (Å²) in [7, 11) is 1.52. The van der Waals surface area contributed by atoms with Crippen LogP contribution in [-0.2, 0) is 4.79 Å². The van der Waals surface area contributed by atoms with E-state index in [9.17, 15) is 14.7 Å². The molecule has 1 amide bonds. The number of aliphatic carboxylic acids is 1. The van der Waals surface area contributed by atoms with Gasteiger partial charge in [-0.3, -0.25) is 9.59 Å². The molecule has 0 aliphatic heterocycles. The second-order valence-corrected chi connectivity index (χ2v) is 5.90. The summed E-state index contributed by atoms with van der Waals surface area (Å²) in [5.74, 6) is -0.513. The Morgan fingerprint density at radius 3 is 2.67 bits per heavy atom. The fourth-order valence-corrected chi connectivity index (χ4v) is 3.92. The molecule has 0 saturated heterocycles. The first kappa shape index (κ1) is 13.9. The maximum Gasteiger partial charge on any atom is 0.308 e. The minimum Gasteiger partial charge on any atom is -0.496 e. The summed E-state index contributed by atoms with van der Waals surface area (Å²) >= 11 is 0. The summed E-state index contributed by atoms with van der Waals surface area (Å²) in [6, 6.07) is 6.72. The van der Waals surface area contributed by atoms with Gasteiger partial charge in [-0.15, -0.1) is 0 Å². The van der Waals surface area contributed by atoms with Crippen LogP contribution in [0.15, 0.2) is 24.3 Å². The first-order valence-corrected chi connectivity index (χ1v) is 7.28. The van der Waals surface area contributed by atoms with Gasteiger partial charge in [0.1, 0.15) is 5.75 Å². The summed E-state index contributed by atoms with van der Waals surface area (Å²) in [4.78, 5) is 23.9. The number of hydrogen-bond donors (Lipinski definition) is 2. The van der Waals surface area contributed by atoms with Gasteiger partial charge in [0.05, 0.1) is 18.6 Å². The predicted octanol–water partition coefficient (Wildman–Crippen LogP) is 1.92. The number of methoxy groups -OCH3 is 1. The Balaban J connectivity index is 1.79. The number of benzene rings is 1. The number of hydrogen-bond acceptors (Lipinski definition) is 3. The molecule has 2 N–H and O–H groups in total. The molecule has 5 nitrogen and oxygen atoms in total. The van der Waals surface area contributed by atoms with Crippen molar-refractivity contribution in [2.45, 2.75) is 25.3 Å². The highest BCUT2D eigenvalue weighted by atomic mass is 16.5. The van der Waals surface area contributed by atoms with E-state index < -0.39 is 11.9 Å². The van der Waals surface area contributed by atoms with Crippen LogP contribution in [0.3, 0.4) is 0 Å². The second kappa shape index (κ2) is 5.39. The van der Waals surface area contributed by atoms with Gasteiger partial charge in [-0.1, -0.05) is 12.1 Å². The van der Waals surface area contributed by atoms with Crippen LogP contribution in [0.2, 0.25) is 0 Å². The number of fused-ring (bicyclic) bond motifs is 2. The first-order valence-electron chi connectivity index (χ1n) is 7.28. The summed E-state index contributed by atoms with van der Waals surface area (Å²) in [6.07, 6.45) is 2.88. The Bertz CT molecular complexity index is 571. The molecule has 2 aliphatic rings. The van der Waals surface area contributed by atoms with E-state index in [0.717, 1.165) is 19.3 Å². The molecular weight excluding hydrogens is 270 g/mol. The fraction of sp³-hybridized carbons (Fsp3) is 0.500. The topological polar surface area (TPSA) is 75.6 Å². The number of rotatable bonds is 4. The van der Waals surface area contributed by atoms with Gasteiger partial charge in [0, 0.05) is 6.04 Å². The highest BCUT2D eigenvalue weighted by molar-refractivity contribution is 5.97. The van der Waals surface area contributed by atoms with Gasteiger partial charge in [-0.05, 0) is 43.2 Å². The Morgan fingerprint density at radius 1 is 1.24 bits per heavy atom. The lowest BCUT2D eigenvalue weighted by molar-refractivity contribution is -0.144. The van der Waals surface area contributed by atoms with Gasteiger partial charge in [0.2, 0.25) is 0 Å². The van der Waals surface area contributed by atoms with E-state index >= 15 is 0 Å². The van der Waals surface area contributed by atoms with E-state index in [2.05, 4.69) is 5.32 Å². The Kier molecular flexibility index (Phi) is 3.57. The van der Waals surface area contributed by atoms with Crippen molar-refractivity contribution in [3.8, 4) is 5.75 Å².